The molecule has 7 heteroatoms. The highest BCUT2D eigenvalue weighted by Crippen LogP contribution is 2.30. The topological polar surface area (TPSA) is 82.2 Å². The summed E-state index contributed by atoms with van der Waals surface area (Å²) in [5.41, 5.74) is 5.64. The quantitative estimate of drug-likeness (QED) is 0.348. The second-order valence-corrected chi connectivity index (χ2v) is 9.12. The average Bonchev–Trinajstić information content (AvgIpc) is 2.86. The van der Waals surface area contributed by atoms with Crippen LogP contribution in [0.3, 0.4) is 0 Å². The van der Waals surface area contributed by atoms with Crippen molar-refractivity contribution in [3.8, 4) is 11.1 Å². The number of nitrogens with one attached hydrogen (secondary N) is 3. The number of aromatic nitrogens is 2. The van der Waals surface area contributed by atoms with Gasteiger partial charge in [-0.05, 0) is 74.9 Å². The van der Waals surface area contributed by atoms with Crippen LogP contribution in [0.1, 0.15) is 19.8 Å². The van der Waals surface area contributed by atoms with Gasteiger partial charge in [-0.15, -0.1) is 0 Å². The zero-order valence-corrected chi connectivity index (χ0v) is 20.1. The molecule has 1 amide bonds. The van der Waals surface area contributed by atoms with Crippen LogP contribution in [0.25, 0.3) is 22.0 Å². The Hall–Kier alpha value is -3.97. The highest BCUT2D eigenvalue weighted by atomic mass is 16.1. The number of nitrogens with zero attached hydrogens (tertiary/aromatic N) is 3. The molecule has 0 spiro atoms. The molecule has 178 valence electrons. The predicted molar refractivity (Wildman–Crippen MR) is 143 cm³/mol. The molecule has 3 N–H and O–H groups in total. The van der Waals surface area contributed by atoms with Crippen molar-refractivity contribution in [2.24, 2.45) is 0 Å². The Balaban J connectivity index is 1.35. The first-order chi connectivity index (χ1) is 17.0. The van der Waals surface area contributed by atoms with Crippen LogP contribution < -0.4 is 16.0 Å². The van der Waals surface area contributed by atoms with E-state index in [2.05, 4.69) is 45.0 Å². The van der Waals surface area contributed by atoms with Crippen LogP contribution in [0, 0.1) is 0 Å². The lowest BCUT2D eigenvalue weighted by Crippen LogP contribution is -2.36. The zero-order chi connectivity index (χ0) is 24.2. The van der Waals surface area contributed by atoms with Crippen LogP contribution >= 0.6 is 0 Å². The standard InChI is InChI=1S/C28H30N6O/c1-19(35)30-25-7-3-5-20(17-25)26-8-4-6-21-18-29-28(33-27(21)26)32-23-11-9-22(10-12-23)31-24-13-15-34(2)16-14-24/h3-12,17-18,24,31H,13-16H2,1-2H3,(H,30,35)(H,29,32,33). The van der Waals surface area contributed by atoms with Crippen LogP contribution in [-0.4, -0.2) is 47.0 Å². The van der Waals surface area contributed by atoms with E-state index in [9.17, 15) is 4.79 Å². The second-order valence-electron chi connectivity index (χ2n) is 9.12. The molecule has 0 unspecified atom stereocenters. The molecule has 0 radical (unpaired) electrons. The van der Waals surface area contributed by atoms with Crippen molar-refractivity contribution in [1.82, 2.24) is 14.9 Å². The van der Waals surface area contributed by atoms with E-state index in [1.807, 2.05) is 60.8 Å². The smallest absolute Gasteiger partial charge is 0.227 e. The minimum atomic E-state index is -0.0959. The van der Waals surface area contributed by atoms with Crippen molar-refractivity contribution in [3.63, 3.8) is 0 Å². The van der Waals surface area contributed by atoms with Crippen LogP contribution in [0.2, 0.25) is 0 Å². The highest BCUT2D eigenvalue weighted by molar-refractivity contribution is 5.95. The van der Waals surface area contributed by atoms with Crippen molar-refractivity contribution >= 4 is 39.8 Å². The fourth-order valence-electron chi connectivity index (χ4n) is 4.48. The number of carbonyl (C=O) groups is 1. The third-order valence-electron chi connectivity index (χ3n) is 6.34. The number of hydrogen-bond acceptors (Lipinski definition) is 6. The molecule has 7 nitrogen and oxygen atoms in total. The minimum Gasteiger partial charge on any atom is -0.382 e. The van der Waals surface area contributed by atoms with E-state index >= 15 is 0 Å². The molecule has 1 aliphatic heterocycles. The maximum absolute atomic E-state index is 11.5. The third-order valence-corrected chi connectivity index (χ3v) is 6.34. The van der Waals surface area contributed by atoms with Gasteiger partial charge in [0.05, 0.1) is 5.52 Å². The van der Waals surface area contributed by atoms with E-state index in [1.165, 1.54) is 6.92 Å². The molecule has 3 aromatic carbocycles. The number of anilines is 4. The fraction of sp³-hybridized carbons (Fsp3) is 0.250. The van der Waals surface area contributed by atoms with Crippen molar-refractivity contribution in [2.75, 3.05) is 36.1 Å². The lowest BCUT2D eigenvalue weighted by Gasteiger charge is -2.30. The number of likely N-dealkylation sites (tertiary alicyclic amines) is 1. The number of fused-ring (bicyclic) bond motifs is 1. The lowest BCUT2D eigenvalue weighted by molar-refractivity contribution is -0.114. The summed E-state index contributed by atoms with van der Waals surface area (Å²) in [6.07, 6.45) is 4.16. The van der Waals surface area contributed by atoms with E-state index in [0.29, 0.717) is 12.0 Å². The second kappa shape index (κ2) is 10.1. The van der Waals surface area contributed by atoms with Gasteiger partial charge in [0.2, 0.25) is 11.9 Å². The number of carbonyl (C=O) groups excluding carboxylic acids is 1. The first kappa shape index (κ1) is 22.8. The molecule has 1 saturated heterocycles. The number of benzene rings is 3. The van der Waals surface area contributed by atoms with Gasteiger partial charge in [-0.25, -0.2) is 9.97 Å². The maximum Gasteiger partial charge on any atom is 0.227 e. The Bertz CT molecular complexity index is 1330. The number of amides is 1. The van der Waals surface area contributed by atoms with Gasteiger partial charge in [0.25, 0.3) is 0 Å². The van der Waals surface area contributed by atoms with Crippen molar-refractivity contribution < 1.29 is 4.79 Å². The Morgan fingerprint density at radius 3 is 2.46 bits per heavy atom. The minimum absolute atomic E-state index is 0.0959. The normalized spacial score (nSPS) is 14.6. The van der Waals surface area contributed by atoms with Gasteiger partial charge in [-0.3, -0.25) is 4.79 Å². The monoisotopic (exact) mass is 466 g/mol. The van der Waals surface area contributed by atoms with Crippen molar-refractivity contribution in [1.29, 1.82) is 0 Å². The maximum atomic E-state index is 11.5. The summed E-state index contributed by atoms with van der Waals surface area (Å²) in [5.74, 6) is 0.445. The van der Waals surface area contributed by atoms with Crippen LogP contribution in [0.15, 0.2) is 72.9 Å². The van der Waals surface area contributed by atoms with Gasteiger partial charge >= 0.3 is 0 Å². The first-order valence-corrected chi connectivity index (χ1v) is 12.0. The van der Waals surface area contributed by atoms with Gasteiger partial charge in [0.15, 0.2) is 0 Å². The molecular formula is C28H30N6O. The van der Waals surface area contributed by atoms with E-state index < -0.39 is 0 Å². The molecule has 5 rings (SSSR count). The summed E-state index contributed by atoms with van der Waals surface area (Å²) in [6.45, 7) is 3.78. The van der Waals surface area contributed by atoms with E-state index in [4.69, 9.17) is 4.98 Å². The number of rotatable bonds is 6. The zero-order valence-electron chi connectivity index (χ0n) is 20.1. The summed E-state index contributed by atoms with van der Waals surface area (Å²) in [7, 11) is 2.18. The molecular weight excluding hydrogens is 436 g/mol. The Kier molecular flexibility index (Phi) is 6.59. The number of piperidine rings is 1. The summed E-state index contributed by atoms with van der Waals surface area (Å²) >= 11 is 0. The average molecular weight is 467 g/mol. The van der Waals surface area contributed by atoms with Crippen molar-refractivity contribution in [3.05, 3.63) is 72.9 Å². The van der Waals surface area contributed by atoms with E-state index in [0.717, 1.165) is 65.0 Å². The van der Waals surface area contributed by atoms with Crippen molar-refractivity contribution in [2.45, 2.75) is 25.8 Å². The molecule has 1 aliphatic rings. The summed E-state index contributed by atoms with van der Waals surface area (Å²) in [6, 6.07) is 22.6. The molecule has 1 aromatic heterocycles. The number of para-hydroxylation sites is 1. The SMILES string of the molecule is CC(=O)Nc1cccc(-c2cccc3cnc(Nc4ccc(NC5CCN(C)CC5)cc4)nc23)c1. The van der Waals surface area contributed by atoms with E-state index in [1.54, 1.807) is 0 Å². The van der Waals surface area contributed by atoms with Gasteiger partial charge in [0.1, 0.15) is 0 Å². The number of hydrogen-bond donors (Lipinski definition) is 3. The molecule has 4 aromatic rings. The van der Waals surface area contributed by atoms with E-state index in [-0.39, 0.29) is 5.91 Å². The molecule has 0 saturated carbocycles. The molecule has 0 bridgehead atoms. The van der Waals surface area contributed by atoms with Crippen LogP contribution in [0.5, 0.6) is 0 Å². The van der Waals surface area contributed by atoms with Gasteiger partial charge in [0, 0.05) is 47.2 Å². The molecule has 0 aliphatic carbocycles. The molecule has 2 heterocycles. The third kappa shape index (κ3) is 5.58. The predicted octanol–water partition coefficient (Wildman–Crippen LogP) is 5.50. The van der Waals surface area contributed by atoms with Gasteiger partial charge < -0.3 is 20.9 Å². The Morgan fingerprint density at radius 1 is 0.943 bits per heavy atom. The Labute approximate surface area is 205 Å². The highest BCUT2D eigenvalue weighted by Gasteiger charge is 2.16. The van der Waals surface area contributed by atoms with Crippen LogP contribution in [-0.2, 0) is 4.79 Å². The van der Waals surface area contributed by atoms with Gasteiger partial charge in [-0.2, -0.15) is 0 Å². The molecule has 35 heavy (non-hydrogen) atoms. The lowest BCUT2D eigenvalue weighted by atomic mass is 10.0. The fourth-order valence-corrected chi connectivity index (χ4v) is 4.48. The summed E-state index contributed by atoms with van der Waals surface area (Å²) in [4.78, 5) is 23.2. The summed E-state index contributed by atoms with van der Waals surface area (Å²) < 4.78 is 0. The van der Waals surface area contributed by atoms with Gasteiger partial charge in [-0.1, -0.05) is 30.3 Å². The molecule has 0 atom stereocenters. The van der Waals surface area contributed by atoms with Crippen LogP contribution in [0.4, 0.5) is 23.0 Å². The first-order valence-electron chi connectivity index (χ1n) is 12.0. The largest absolute Gasteiger partial charge is 0.382 e. The molecule has 1 fully saturated rings. The summed E-state index contributed by atoms with van der Waals surface area (Å²) in [5, 5.41) is 10.8. The Morgan fingerprint density at radius 2 is 1.69 bits per heavy atom.